The zero-order valence-corrected chi connectivity index (χ0v) is 12.0. The molecule has 1 aromatic carbocycles. The first-order valence-corrected chi connectivity index (χ1v) is 7.17. The first kappa shape index (κ1) is 13.6. The van der Waals surface area contributed by atoms with Crippen LogP contribution in [0.3, 0.4) is 0 Å². The fraction of sp³-hybridized carbons (Fsp3) is 0.214. The van der Waals surface area contributed by atoms with Crippen LogP contribution in [0.25, 0.3) is 0 Å². The van der Waals surface area contributed by atoms with Gasteiger partial charge in [-0.1, -0.05) is 12.1 Å². The van der Waals surface area contributed by atoms with Gasteiger partial charge in [-0.05, 0) is 12.1 Å². The number of rotatable bonds is 3. The van der Waals surface area contributed by atoms with Gasteiger partial charge in [-0.2, -0.15) is 0 Å². The summed E-state index contributed by atoms with van der Waals surface area (Å²) in [5.41, 5.74) is 0.335. The van der Waals surface area contributed by atoms with Gasteiger partial charge >= 0.3 is 0 Å². The number of ketones is 1. The zero-order valence-electron chi connectivity index (χ0n) is 11.2. The van der Waals surface area contributed by atoms with E-state index in [4.69, 9.17) is 9.47 Å². The molecule has 0 saturated carbocycles. The Morgan fingerprint density at radius 3 is 2.81 bits per heavy atom. The van der Waals surface area contributed by atoms with E-state index in [1.807, 2.05) is 12.1 Å². The van der Waals surface area contributed by atoms with Gasteiger partial charge in [-0.3, -0.25) is 14.9 Å². The number of para-hydroxylation sites is 2. The first-order valence-electron chi connectivity index (χ1n) is 6.29. The summed E-state index contributed by atoms with van der Waals surface area (Å²) in [7, 11) is 0. The molecule has 108 valence electrons. The van der Waals surface area contributed by atoms with Gasteiger partial charge in [-0.15, -0.1) is 11.3 Å². The van der Waals surface area contributed by atoms with Crippen LogP contribution >= 0.6 is 11.3 Å². The largest absolute Gasteiger partial charge is 0.485 e. The maximum absolute atomic E-state index is 12.1. The molecule has 1 aromatic heterocycles. The lowest BCUT2D eigenvalue weighted by Gasteiger charge is -2.25. The van der Waals surface area contributed by atoms with Gasteiger partial charge in [0.25, 0.3) is 5.91 Å². The Morgan fingerprint density at radius 1 is 1.33 bits per heavy atom. The Hall–Kier alpha value is -2.41. The van der Waals surface area contributed by atoms with Crippen molar-refractivity contribution in [3.05, 3.63) is 35.3 Å². The molecule has 7 heteroatoms. The minimum atomic E-state index is -0.746. The highest BCUT2D eigenvalue weighted by Gasteiger charge is 2.27. The molecule has 0 aliphatic carbocycles. The van der Waals surface area contributed by atoms with E-state index in [0.717, 1.165) is 0 Å². The number of fused-ring (bicyclic) bond motifs is 1. The second kappa shape index (κ2) is 5.53. The Bertz CT molecular complexity index is 698. The number of carbonyl (C=O) groups excluding carboxylic acids is 2. The molecule has 2 aromatic rings. The van der Waals surface area contributed by atoms with Crippen molar-refractivity contribution in [1.29, 1.82) is 0 Å². The number of hydrogen-bond acceptors (Lipinski definition) is 6. The van der Waals surface area contributed by atoms with Crippen molar-refractivity contribution in [2.45, 2.75) is 13.0 Å². The molecule has 0 radical (unpaired) electrons. The fourth-order valence-electron chi connectivity index (χ4n) is 1.83. The number of thiazole rings is 1. The molecule has 0 bridgehead atoms. The van der Waals surface area contributed by atoms with Crippen LogP contribution in [-0.4, -0.2) is 29.4 Å². The molecule has 21 heavy (non-hydrogen) atoms. The van der Waals surface area contributed by atoms with Gasteiger partial charge in [0.1, 0.15) is 12.3 Å². The number of nitrogens with zero attached hydrogens (tertiary/aromatic N) is 1. The minimum absolute atomic E-state index is 0.133. The van der Waals surface area contributed by atoms with E-state index >= 15 is 0 Å². The Kier molecular flexibility index (Phi) is 3.57. The molecule has 1 aliphatic rings. The third kappa shape index (κ3) is 2.87. The highest BCUT2D eigenvalue weighted by molar-refractivity contribution is 7.14. The summed E-state index contributed by atoms with van der Waals surface area (Å²) in [6, 6.07) is 7.17. The summed E-state index contributed by atoms with van der Waals surface area (Å²) >= 11 is 1.20. The molecular weight excluding hydrogens is 292 g/mol. The molecule has 1 amide bonds. The van der Waals surface area contributed by atoms with Crippen LogP contribution in [0.15, 0.2) is 29.6 Å². The van der Waals surface area contributed by atoms with E-state index in [2.05, 4.69) is 10.3 Å². The third-order valence-corrected chi connectivity index (χ3v) is 3.65. The van der Waals surface area contributed by atoms with Gasteiger partial charge in [0.2, 0.25) is 6.10 Å². The number of aromatic nitrogens is 1. The summed E-state index contributed by atoms with van der Waals surface area (Å²) in [4.78, 5) is 27.3. The topological polar surface area (TPSA) is 77.5 Å². The predicted octanol–water partition coefficient (Wildman–Crippen LogP) is 2.12. The monoisotopic (exact) mass is 304 g/mol. The number of ether oxygens (including phenoxy) is 2. The van der Waals surface area contributed by atoms with Crippen LogP contribution in [0.5, 0.6) is 11.5 Å². The number of carbonyl (C=O) groups is 2. The lowest BCUT2D eigenvalue weighted by molar-refractivity contribution is -0.125. The molecule has 0 fully saturated rings. The molecule has 0 spiro atoms. The van der Waals surface area contributed by atoms with E-state index in [-0.39, 0.29) is 18.3 Å². The van der Waals surface area contributed by atoms with E-state index in [9.17, 15) is 9.59 Å². The summed E-state index contributed by atoms with van der Waals surface area (Å²) < 4.78 is 11.1. The van der Waals surface area contributed by atoms with E-state index in [0.29, 0.717) is 22.3 Å². The summed E-state index contributed by atoms with van der Waals surface area (Å²) in [5, 5.41) is 4.60. The predicted molar refractivity (Wildman–Crippen MR) is 77.1 cm³/mol. The van der Waals surface area contributed by atoms with Crippen LogP contribution in [0.2, 0.25) is 0 Å². The smallest absolute Gasteiger partial charge is 0.270 e. The molecule has 2 heterocycles. The van der Waals surface area contributed by atoms with Crippen molar-refractivity contribution in [3.8, 4) is 11.5 Å². The zero-order chi connectivity index (χ0) is 14.8. The Balaban J connectivity index is 1.67. The number of benzene rings is 1. The molecular formula is C14H12N2O4S. The standard InChI is InChI=1S/C14H12N2O4S/c1-8(17)9-7-21-14(15-9)16-13(18)12-6-19-10-4-2-3-5-11(10)20-12/h2-5,7,12H,6H2,1H3,(H,15,16,18). The molecule has 0 saturated heterocycles. The SMILES string of the molecule is CC(=O)c1csc(NC(=O)C2COc3ccccc3O2)n1. The molecule has 1 N–H and O–H groups in total. The lowest BCUT2D eigenvalue weighted by atomic mass is 10.2. The number of hydrogen-bond donors (Lipinski definition) is 1. The van der Waals surface area contributed by atoms with Crippen molar-refractivity contribution in [3.63, 3.8) is 0 Å². The van der Waals surface area contributed by atoms with Crippen molar-refractivity contribution in [2.24, 2.45) is 0 Å². The van der Waals surface area contributed by atoms with Crippen LogP contribution in [-0.2, 0) is 4.79 Å². The average Bonchev–Trinajstić information content (AvgIpc) is 2.95. The molecule has 1 unspecified atom stereocenters. The van der Waals surface area contributed by atoms with Gasteiger partial charge in [0, 0.05) is 12.3 Å². The van der Waals surface area contributed by atoms with Crippen LogP contribution in [0.1, 0.15) is 17.4 Å². The highest BCUT2D eigenvalue weighted by atomic mass is 32.1. The summed E-state index contributed by atoms with van der Waals surface area (Å²) in [5.74, 6) is 0.661. The van der Waals surface area contributed by atoms with Crippen LogP contribution in [0.4, 0.5) is 5.13 Å². The maximum atomic E-state index is 12.1. The van der Waals surface area contributed by atoms with Crippen LogP contribution < -0.4 is 14.8 Å². The molecule has 3 rings (SSSR count). The number of nitrogens with one attached hydrogen (secondary N) is 1. The number of anilines is 1. The third-order valence-electron chi connectivity index (χ3n) is 2.90. The van der Waals surface area contributed by atoms with E-state index in [1.54, 1.807) is 17.5 Å². The minimum Gasteiger partial charge on any atom is -0.485 e. The van der Waals surface area contributed by atoms with Gasteiger partial charge < -0.3 is 9.47 Å². The second-order valence-electron chi connectivity index (χ2n) is 4.45. The van der Waals surface area contributed by atoms with Gasteiger partial charge in [0.15, 0.2) is 22.4 Å². The molecule has 6 nitrogen and oxygen atoms in total. The highest BCUT2D eigenvalue weighted by Crippen LogP contribution is 2.31. The van der Waals surface area contributed by atoms with Crippen molar-refractivity contribution in [1.82, 2.24) is 4.98 Å². The fourth-order valence-corrected chi connectivity index (χ4v) is 2.58. The van der Waals surface area contributed by atoms with Crippen LogP contribution in [0, 0.1) is 0 Å². The molecule has 1 atom stereocenters. The van der Waals surface area contributed by atoms with Crippen molar-refractivity contribution >= 4 is 28.2 Å². The van der Waals surface area contributed by atoms with E-state index in [1.165, 1.54) is 18.3 Å². The average molecular weight is 304 g/mol. The second-order valence-corrected chi connectivity index (χ2v) is 5.31. The van der Waals surface area contributed by atoms with Crippen molar-refractivity contribution < 1.29 is 19.1 Å². The number of Topliss-reactive ketones (excluding diaryl/α,β-unsaturated/α-hetero) is 1. The normalized spacial score (nSPS) is 16.3. The Morgan fingerprint density at radius 2 is 2.10 bits per heavy atom. The van der Waals surface area contributed by atoms with Crippen molar-refractivity contribution in [2.75, 3.05) is 11.9 Å². The van der Waals surface area contributed by atoms with Gasteiger partial charge in [0.05, 0.1) is 0 Å². The molecule has 1 aliphatic heterocycles. The summed E-state index contributed by atoms with van der Waals surface area (Å²) in [6.07, 6.45) is -0.746. The Labute approximate surface area is 124 Å². The maximum Gasteiger partial charge on any atom is 0.270 e. The lowest BCUT2D eigenvalue weighted by Crippen LogP contribution is -2.40. The first-order chi connectivity index (χ1) is 10.1. The quantitative estimate of drug-likeness (QED) is 0.879. The number of amides is 1. The van der Waals surface area contributed by atoms with Gasteiger partial charge in [-0.25, -0.2) is 4.98 Å². The van der Waals surface area contributed by atoms with E-state index < -0.39 is 6.10 Å². The summed E-state index contributed by atoms with van der Waals surface area (Å²) in [6.45, 7) is 1.56.